The minimum Gasteiger partial charge on any atom is -0.324 e. The molecule has 0 unspecified atom stereocenters. The van der Waals surface area contributed by atoms with Crippen molar-refractivity contribution in [2.75, 3.05) is 30.4 Å². The molecule has 26 heavy (non-hydrogen) atoms. The summed E-state index contributed by atoms with van der Waals surface area (Å²) in [7, 11) is 1.71. The molecule has 1 aliphatic rings. The lowest BCUT2D eigenvalue weighted by Crippen LogP contribution is -2.52. The summed E-state index contributed by atoms with van der Waals surface area (Å²) in [6.45, 7) is 3.04. The van der Waals surface area contributed by atoms with Gasteiger partial charge in [0.1, 0.15) is 5.54 Å². The number of halogens is 1. The van der Waals surface area contributed by atoms with Crippen LogP contribution >= 0.6 is 12.4 Å². The molecule has 1 aromatic carbocycles. The second-order valence-corrected chi connectivity index (χ2v) is 6.31. The smallest absolute Gasteiger partial charge is 0.252 e. The minimum atomic E-state index is -0.697. The van der Waals surface area contributed by atoms with Gasteiger partial charge in [-0.15, -0.1) is 12.4 Å². The van der Waals surface area contributed by atoms with Crippen molar-refractivity contribution in [3.63, 3.8) is 0 Å². The summed E-state index contributed by atoms with van der Waals surface area (Å²) < 4.78 is 1.76. The number of carbonyl (C=O) groups is 2. The fourth-order valence-electron chi connectivity index (χ4n) is 3.14. The number of anilines is 2. The maximum absolute atomic E-state index is 13.1. The first-order chi connectivity index (χ1) is 12.0. The highest BCUT2D eigenvalue weighted by Crippen LogP contribution is 2.29. The van der Waals surface area contributed by atoms with Crippen LogP contribution in [0.5, 0.6) is 0 Å². The topological polar surface area (TPSA) is 79.3 Å². The summed E-state index contributed by atoms with van der Waals surface area (Å²) in [5, 5.41) is 10.6. The molecule has 2 heterocycles. The molecule has 0 radical (unpaired) electrons. The van der Waals surface area contributed by atoms with Crippen LogP contribution in [0.4, 0.5) is 11.4 Å². The number of hydrogen-bond donors (Lipinski definition) is 2. The Hall–Kier alpha value is -2.38. The summed E-state index contributed by atoms with van der Waals surface area (Å²) in [5.74, 6) is -0.143. The number of nitrogens with zero attached hydrogens (tertiary/aromatic N) is 3. The van der Waals surface area contributed by atoms with Gasteiger partial charge >= 0.3 is 0 Å². The van der Waals surface area contributed by atoms with Gasteiger partial charge in [0.05, 0.1) is 0 Å². The molecule has 7 nitrogen and oxygen atoms in total. The SMILES string of the molecule is CC(=O)N(C)c1cccc(NC(=O)C2(n3cccn3)CCNCC2)c1.Cl. The van der Waals surface area contributed by atoms with E-state index in [4.69, 9.17) is 0 Å². The normalized spacial score (nSPS) is 15.6. The standard InChI is InChI=1S/C18H23N5O2.ClH/c1-14(24)22(2)16-6-3-5-15(13-16)21-17(25)18(7-10-19-11-8-18)23-12-4-9-20-23;/h3-6,9,12-13,19H,7-8,10-11H2,1-2H3,(H,21,25);1H. The van der Waals surface area contributed by atoms with Gasteiger partial charge in [-0.1, -0.05) is 6.07 Å². The van der Waals surface area contributed by atoms with Crippen molar-refractivity contribution in [2.45, 2.75) is 25.3 Å². The number of amides is 2. The van der Waals surface area contributed by atoms with Crippen LogP contribution in [-0.2, 0) is 15.1 Å². The van der Waals surface area contributed by atoms with E-state index < -0.39 is 5.54 Å². The van der Waals surface area contributed by atoms with Crippen molar-refractivity contribution in [3.05, 3.63) is 42.7 Å². The van der Waals surface area contributed by atoms with E-state index >= 15 is 0 Å². The molecular formula is C18H24ClN5O2. The van der Waals surface area contributed by atoms with E-state index in [1.165, 1.54) is 6.92 Å². The number of aromatic nitrogens is 2. The molecule has 140 valence electrons. The molecule has 2 N–H and O–H groups in total. The lowest BCUT2D eigenvalue weighted by Gasteiger charge is -2.36. The maximum atomic E-state index is 13.1. The predicted molar refractivity (Wildman–Crippen MR) is 104 cm³/mol. The molecule has 2 aromatic rings. The number of carbonyl (C=O) groups excluding carboxylic acids is 2. The third-order valence-electron chi connectivity index (χ3n) is 4.76. The molecule has 0 atom stereocenters. The van der Waals surface area contributed by atoms with Gasteiger partial charge in [-0.2, -0.15) is 5.10 Å². The second kappa shape index (κ2) is 8.33. The van der Waals surface area contributed by atoms with Crippen LogP contribution in [0.25, 0.3) is 0 Å². The molecule has 0 aliphatic carbocycles. The third kappa shape index (κ3) is 3.89. The van der Waals surface area contributed by atoms with Crippen LogP contribution in [-0.4, -0.2) is 41.7 Å². The fourth-order valence-corrected chi connectivity index (χ4v) is 3.14. The van der Waals surface area contributed by atoms with Gasteiger partial charge in [-0.3, -0.25) is 14.3 Å². The van der Waals surface area contributed by atoms with E-state index in [1.807, 2.05) is 30.5 Å². The van der Waals surface area contributed by atoms with Gasteiger partial charge in [0.25, 0.3) is 5.91 Å². The molecule has 3 rings (SSSR count). The summed E-state index contributed by atoms with van der Waals surface area (Å²) in [6, 6.07) is 9.13. The van der Waals surface area contributed by atoms with Gasteiger partial charge in [0.2, 0.25) is 5.91 Å². The summed E-state index contributed by atoms with van der Waals surface area (Å²) >= 11 is 0. The van der Waals surface area contributed by atoms with E-state index in [0.717, 1.165) is 18.8 Å². The second-order valence-electron chi connectivity index (χ2n) is 6.31. The van der Waals surface area contributed by atoms with Crippen molar-refractivity contribution in [1.82, 2.24) is 15.1 Å². The number of rotatable bonds is 4. The van der Waals surface area contributed by atoms with Gasteiger partial charge in [-0.05, 0) is 50.2 Å². The Morgan fingerprint density at radius 1 is 1.27 bits per heavy atom. The Labute approximate surface area is 159 Å². The molecule has 1 aromatic heterocycles. The molecular weight excluding hydrogens is 354 g/mol. The Morgan fingerprint density at radius 2 is 2.00 bits per heavy atom. The molecule has 0 spiro atoms. The maximum Gasteiger partial charge on any atom is 0.252 e. The first-order valence-electron chi connectivity index (χ1n) is 8.39. The van der Waals surface area contributed by atoms with Crippen molar-refractivity contribution in [3.8, 4) is 0 Å². The van der Waals surface area contributed by atoms with E-state index in [2.05, 4.69) is 15.7 Å². The molecule has 0 saturated carbocycles. The first-order valence-corrected chi connectivity index (χ1v) is 8.39. The Morgan fingerprint density at radius 3 is 2.62 bits per heavy atom. The third-order valence-corrected chi connectivity index (χ3v) is 4.76. The van der Waals surface area contributed by atoms with Crippen LogP contribution in [0.3, 0.4) is 0 Å². The van der Waals surface area contributed by atoms with Crippen molar-refractivity contribution in [2.24, 2.45) is 0 Å². The monoisotopic (exact) mass is 377 g/mol. The Bertz CT molecular complexity index is 757. The zero-order valence-electron chi connectivity index (χ0n) is 14.9. The van der Waals surface area contributed by atoms with E-state index in [9.17, 15) is 9.59 Å². The Balaban J connectivity index is 0.00000243. The lowest BCUT2D eigenvalue weighted by molar-refractivity contribution is -0.126. The first kappa shape index (κ1) is 19.9. The number of nitrogens with one attached hydrogen (secondary N) is 2. The summed E-state index contributed by atoms with van der Waals surface area (Å²) in [4.78, 5) is 26.2. The van der Waals surface area contributed by atoms with Crippen LogP contribution in [0.1, 0.15) is 19.8 Å². The highest BCUT2D eigenvalue weighted by molar-refractivity contribution is 5.98. The fraction of sp³-hybridized carbons (Fsp3) is 0.389. The average Bonchev–Trinajstić information content (AvgIpc) is 3.17. The average molecular weight is 378 g/mol. The molecule has 1 fully saturated rings. The van der Waals surface area contributed by atoms with Crippen LogP contribution in [0, 0.1) is 0 Å². The van der Waals surface area contributed by atoms with Gasteiger partial charge in [0.15, 0.2) is 0 Å². The zero-order valence-corrected chi connectivity index (χ0v) is 15.8. The highest BCUT2D eigenvalue weighted by atomic mass is 35.5. The van der Waals surface area contributed by atoms with Crippen LogP contribution in [0.15, 0.2) is 42.7 Å². The molecule has 2 amide bonds. The summed E-state index contributed by atoms with van der Waals surface area (Å²) in [5.41, 5.74) is 0.710. The van der Waals surface area contributed by atoms with Gasteiger partial charge in [-0.25, -0.2) is 0 Å². The number of piperidine rings is 1. The minimum absolute atomic E-state index is 0. The van der Waals surface area contributed by atoms with Gasteiger partial charge in [0, 0.05) is 37.7 Å². The molecule has 0 bridgehead atoms. The lowest BCUT2D eigenvalue weighted by atomic mass is 9.87. The summed E-state index contributed by atoms with van der Waals surface area (Å²) in [6.07, 6.45) is 4.88. The molecule has 8 heteroatoms. The molecule has 1 aliphatic heterocycles. The number of hydrogen-bond acceptors (Lipinski definition) is 4. The van der Waals surface area contributed by atoms with E-state index in [0.29, 0.717) is 18.5 Å². The number of benzene rings is 1. The predicted octanol–water partition coefficient (Wildman–Crippen LogP) is 2.01. The van der Waals surface area contributed by atoms with E-state index in [1.54, 1.807) is 28.9 Å². The highest BCUT2D eigenvalue weighted by Gasteiger charge is 2.42. The Kier molecular flexibility index (Phi) is 6.39. The quantitative estimate of drug-likeness (QED) is 0.854. The van der Waals surface area contributed by atoms with Crippen molar-refractivity contribution >= 4 is 35.6 Å². The van der Waals surface area contributed by atoms with Crippen molar-refractivity contribution < 1.29 is 9.59 Å². The zero-order chi connectivity index (χ0) is 17.9. The largest absolute Gasteiger partial charge is 0.324 e. The van der Waals surface area contributed by atoms with Gasteiger partial charge < -0.3 is 15.5 Å². The van der Waals surface area contributed by atoms with Crippen LogP contribution < -0.4 is 15.5 Å². The van der Waals surface area contributed by atoms with E-state index in [-0.39, 0.29) is 24.2 Å². The van der Waals surface area contributed by atoms with Crippen LogP contribution in [0.2, 0.25) is 0 Å². The molecule has 1 saturated heterocycles. The van der Waals surface area contributed by atoms with Crippen molar-refractivity contribution in [1.29, 1.82) is 0 Å².